The zero-order valence-corrected chi connectivity index (χ0v) is 7.15. The second-order valence-corrected chi connectivity index (χ2v) is 2.59. The van der Waals surface area contributed by atoms with Crippen molar-refractivity contribution < 1.29 is 19.1 Å². The van der Waals surface area contributed by atoms with Gasteiger partial charge in [0.25, 0.3) is 0 Å². The van der Waals surface area contributed by atoms with Crippen molar-refractivity contribution in [3.63, 3.8) is 0 Å². The monoisotopic (exact) mass is 183 g/mol. The highest BCUT2D eigenvalue weighted by Crippen LogP contribution is 2.09. The fourth-order valence-electron chi connectivity index (χ4n) is 0.623. The summed E-state index contributed by atoms with van der Waals surface area (Å²) in [7, 11) is 0. The zero-order valence-electron chi connectivity index (χ0n) is 7.15. The van der Waals surface area contributed by atoms with Crippen LogP contribution < -0.4 is 0 Å². The SMILES string of the molecule is CC(=CN=C=O)C(=O)OCC1CO1. The molecule has 0 N–H and O–H groups in total. The molecule has 1 heterocycles. The van der Waals surface area contributed by atoms with Crippen LogP contribution in [0.1, 0.15) is 6.92 Å². The second kappa shape index (κ2) is 4.54. The molecule has 0 aromatic carbocycles. The number of aliphatic imine (C=N–C) groups is 1. The maximum atomic E-state index is 11.0. The van der Waals surface area contributed by atoms with Gasteiger partial charge >= 0.3 is 5.97 Å². The van der Waals surface area contributed by atoms with Gasteiger partial charge in [-0.15, -0.1) is 0 Å². The summed E-state index contributed by atoms with van der Waals surface area (Å²) in [5, 5.41) is 0. The van der Waals surface area contributed by atoms with Crippen LogP contribution in [-0.4, -0.2) is 31.4 Å². The Kier molecular flexibility index (Phi) is 3.37. The Balaban J connectivity index is 2.31. The average Bonchev–Trinajstić information content (AvgIpc) is 2.93. The Morgan fingerprint density at radius 1 is 1.85 bits per heavy atom. The van der Waals surface area contributed by atoms with E-state index < -0.39 is 5.97 Å². The van der Waals surface area contributed by atoms with Crippen LogP contribution in [-0.2, 0) is 19.1 Å². The smallest absolute Gasteiger partial charge is 0.335 e. The fraction of sp³-hybridized carbons (Fsp3) is 0.500. The zero-order chi connectivity index (χ0) is 9.68. The topological polar surface area (TPSA) is 68.3 Å². The lowest BCUT2D eigenvalue weighted by Crippen LogP contribution is -2.10. The van der Waals surface area contributed by atoms with Gasteiger partial charge in [0.05, 0.1) is 18.4 Å². The molecule has 1 unspecified atom stereocenters. The summed E-state index contributed by atoms with van der Waals surface area (Å²) >= 11 is 0. The molecule has 1 saturated heterocycles. The molecule has 13 heavy (non-hydrogen) atoms. The van der Waals surface area contributed by atoms with Gasteiger partial charge in [-0.05, 0) is 6.92 Å². The van der Waals surface area contributed by atoms with Crippen molar-refractivity contribution in [2.75, 3.05) is 13.2 Å². The van der Waals surface area contributed by atoms with E-state index in [1.165, 1.54) is 13.0 Å². The summed E-state index contributed by atoms with van der Waals surface area (Å²) in [5.41, 5.74) is 0.268. The van der Waals surface area contributed by atoms with Gasteiger partial charge in [-0.25, -0.2) is 9.59 Å². The van der Waals surface area contributed by atoms with Crippen LogP contribution in [0.15, 0.2) is 16.8 Å². The first-order valence-electron chi connectivity index (χ1n) is 3.76. The van der Waals surface area contributed by atoms with Gasteiger partial charge in [0.15, 0.2) is 0 Å². The van der Waals surface area contributed by atoms with Crippen LogP contribution in [0.3, 0.4) is 0 Å². The highest BCUT2D eigenvalue weighted by molar-refractivity contribution is 5.87. The third kappa shape index (κ3) is 3.64. The Morgan fingerprint density at radius 3 is 3.08 bits per heavy atom. The number of isocyanates is 1. The predicted molar refractivity (Wildman–Crippen MR) is 42.6 cm³/mol. The van der Waals surface area contributed by atoms with Crippen LogP contribution >= 0.6 is 0 Å². The Bertz CT molecular complexity index is 274. The fourth-order valence-corrected chi connectivity index (χ4v) is 0.623. The normalized spacial score (nSPS) is 20.4. The molecule has 1 fully saturated rings. The van der Waals surface area contributed by atoms with Gasteiger partial charge in [0.1, 0.15) is 12.7 Å². The first-order chi connectivity index (χ1) is 6.24. The molecule has 5 heteroatoms. The van der Waals surface area contributed by atoms with E-state index in [1.54, 1.807) is 0 Å². The Labute approximate surface area is 75.0 Å². The number of esters is 1. The number of nitrogens with zero attached hydrogens (tertiary/aromatic N) is 1. The predicted octanol–water partition coefficient (Wildman–Crippen LogP) is 0.168. The Morgan fingerprint density at radius 2 is 2.54 bits per heavy atom. The lowest BCUT2D eigenvalue weighted by Gasteiger charge is -2.00. The van der Waals surface area contributed by atoms with Gasteiger partial charge in [-0.1, -0.05) is 0 Å². The summed E-state index contributed by atoms with van der Waals surface area (Å²) < 4.78 is 9.64. The van der Waals surface area contributed by atoms with Gasteiger partial charge in [-0.2, -0.15) is 4.99 Å². The first-order valence-corrected chi connectivity index (χ1v) is 3.76. The standard InChI is InChI=1S/C8H9NO4/c1-6(2-9-5-10)8(11)13-4-7-3-12-7/h2,7H,3-4H2,1H3. The molecule has 1 atom stereocenters. The van der Waals surface area contributed by atoms with Crippen LogP contribution in [0.25, 0.3) is 0 Å². The molecule has 0 aromatic heterocycles. The molecular weight excluding hydrogens is 174 g/mol. The summed E-state index contributed by atoms with van der Waals surface area (Å²) in [6.07, 6.45) is 2.46. The van der Waals surface area contributed by atoms with Crippen LogP contribution in [0.5, 0.6) is 0 Å². The minimum Gasteiger partial charge on any atom is -0.459 e. The first kappa shape index (κ1) is 9.64. The molecule has 1 aliphatic heterocycles. The van der Waals surface area contributed by atoms with Gasteiger partial charge in [-0.3, -0.25) is 0 Å². The van der Waals surface area contributed by atoms with Crippen molar-refractivity contribution in [2.24, 2.45) is 4.99 Å². The average molecular weight is 183 g/mol. The lowest BCUT2D eigenvalue weighted by atomic mass is 10.3. The van der Waals surface area contributed by atoms with Crippen molar-refractivity contribution in [1.29, 1.82) is 0 Å². The number of epoxide rings is 1. The molecule has 0 bridgehead atoms. The largest absolute Gasteiger partial charge is 0.459 e. The number of rotatable bonds is 4. The third-order valence-corrected chi connectivity index (χ3v) is 1.44. The Hall–Kier alpha value is -1.45. The molecular formula is C8H9NO4. The van der Waals surface area contributed by atoms with E-state index in [4.69, 9.17) is 9.47 Å². The number of carbonyl (C=O) groups is 1. The number of hydrogen-bond donors (Lipinski definition) is 0. The van der Waals surface area contributed by atoms with Crippen molar-refractivity contribution in [2.45, 2.75) is 13.0 Å². The molecule has 0 aliphatic carbocycles. The van der Waals surface area contributed by atoms with E-state index in [9.17, 15) is 9.59 Å². The minimum absolute atomic E-state index is 0.0475. The van der Waals surface area contributed by atoms with Crippen molar-refractivity contribution in [1.82, 2.24) is 0 Å². The highest BCUT2D eigenvalue weighted by Gasteiger charge is 2.24. The van der Waals surface area contributed by atoms with Crippen molar-refractivity contribution in [3.8, 4) is 0 Å². The van der Waals surface area contributed by atoms with E-state index >= 15 is 0 Å². The quantitative estimate of drug-likeness (QED) is 0.205. The van der Waals surface area contributed by atoms with Gasteiger partial charge < -0.3 is 9.47 Å². The van der Waals surface area contributed by atoms with E-state index in [2.05, 4.69) is 4.99 Å². The summed E-state index contributed by atoms with van der Waals surface area (Å²) in [5.74, 6) is -0.491. The molecule has 1 rings (SSSR count). The molecule has 70 valence electrons. The molecule has 0 amide bonds. The van der Waals surface area contributed by atoms with E-state index in [0.29, 0.717) is 6.61 Å². The molecule has 5 nitrogen and oxygen atoms in total. The summed E-state index contributed by atoms with van der Waals surface area (Å²) in [4.78, 5) is 23.9. The summed E-state index contributed by atoms with van der Waals surface area (Å²) in [6, 6.07) is 0. The lowest BCUT2D eigenvalue weighted by molar-refractivity contribution is -0.139. The summed E-state index contributed by atoms with van der Waals surface area (Å²) in [6.45, 7) is 2.41. The maximum Gasteiger partial charge on any atom is 0.335 e. The van der Waals surface area contributed by atoms with Crippen LogP contribution in [0.2, 0.25) is 0 Å². The molecule has 0 saturated carbocycles. The second-order valence-electron chi connectivity index (χ2n) is 2.59. The highest BCUT2D eigenvalue weighted by atomic mass is 16.6. The minimum atomic E-state index is -0.491. The van der Waals surface area contributed by atoms with E-state index in [1.807, 2.05) is 0 Å². The van der Waals surface area contributed by atoms with Gasteiger partial charge in [0.2, 0.25) is 6.08 Å². The number of carbonyl (C=O) groups excluding carboxylic acids is 2. The van der Waals surface area contributed by atoms with E-state index in [-0.39, 0.29) is 18.3 Å². The third-order valence-electron chi connectivity index (χ3n) is 1.44. The number of ether oxygens (including phenoxy) is 2. The van der Waals surface area contributed by atoms with Crippen LogP contribution in [0, 0.1) is 0 Å². The van der Waals surface area contributed by atoms with Gasteiger partial charge in [0, 0.05) is 0 Å². The maximum absolute atomic E-state index is 11.0. The molecule has 0 radical (unpaired) electrons. The van der Waals surface area contributed by atoms with Crippen LogP contribution in [0.4, 0.5) is 0 Å². The van der Waals surface area contributed by atoms with E-state index in [0.717, 1.165) is 6.20 Å². The molecule has 1 aliphatic rings. The molecule has 0 spiro atoms. The van der Waals surface area contributed by atoms with Crippen molar-refractivity contribution >= 4 is 12.0 Å². The molecule has 0 aromatic rings. The van der Waals surface area contributed by atoms with Crippen molar-refractivity contribution in [3.05, 3.63) is 11.8 Å². The number of hydrogen-bond acceptors (Lipinski definition) is 5.